The molecule has 1 fully saturated rings. The third kappa shape index (κ3) is 2.70. The summed E-state index contributed by atoms with van der Waals surface area (Å²) in [6, 6.07) is 4.68. The van der Waals surface area contributed by atoms with Crippen LogP contribution in [0.25, 0.3) is 0 Å². The predicted octanol–water partition coefficient (Wildman–Crippen LogP) is 2.33. The summed E-state index contributed by atoms with van der Waals surface area (Å²) in [6.45, 7) is 5.14. The first kappa shape index (κ1) is 13.0. The molecule has 1 aliphatic rings. The third-order valence-corrected chi connectivity index (χ3v) is 3.96. The van der Waals surface area contributed by atoms with Crippen molar-refractivity contribution in [2.45, 2.75) is 38.8 Å². The minimum absolute atomic E-state index is 0.180. The molecule has 0 aliphatic carbocycles. The molecule has 0 amide bonds. The maximum atomic E-state index is 11.0. The van der Waals surface area contributed by atoms with Gasteiger partial charge in [-0.05, 0) is 50.9 Å². The molecule has 1 N–H and O–H groups in total. The molecule has 4 heteroatoms. The first-order chi connectivity index (χ1) is 8.59. The second-order valence-corrected chi connectivity index (χ2v) is 5.10. The van der Waals surface area contributed by atoms with Crippen molar-refractivity contribution in [1.29, 1.82) is 0 Å². The van der Waals surface area contributed by atoms with Gasteiger partial charge in [-0.15, -0.1) is 0 Å². The second kappa shape index (κ2) is 5.48. The van der Waals surface area contributed by atoms with Crippen LogP contribution in [-0.2, 0) is 4.79 Å². The maximum Gasteiger partial charge on any atom is 0.306 e. The maximum absolute atomic E-state index is 11.0. The minimum Gasteiger partial charge on any atom is -0.481 e. The molecule has 0 radical (unpaired) electrons. The molecule has 2 rings (SSSR count). The number of hydrogen-bond donors (Lipinski definition) is 1. The number of nitrogens with zero attached hydrogens (tertiary/aromatic N) is 2. The quantitative estimate of drug-likeness (QED) is 0.892. The lowest BCUT2D eigenvalue weighted by atomic mass is 9.90. The van der Waals surface area contributed by atoms with Crippen LogP contribution in [-0.4, -0.2) is 33.5 Å². The molecule has 3 atom stereocenters. The number of carbonyl (C=O) groups is 1. The van der Waals surface area contributed by atoms with Gasteiger partial charge in [-0.1, -0.05) is 0 Å². The number of aliphatic carboxylic acids is 1. The number of carboxylic acid groups (broad SMARTS) is 1. The summed E-state index contributed by atoms with van der Waals surface area (Å²) in [6.07, 6.45) is 5.10. The Morgan fingerprint density at radius 2 is 2.17 bits per heavy atom. The van der Waals surface area contributed by atoms with Crippen LogP contribution in [0.2, 0.25) is 0 Å². The van der Waals surface area contributed by atoms with Crippen molar-refractivity contribution in [1.82, 2.24) is 9.88 Å². The summed E-state index contributed by atoms with van der Waals surface area (Å²) in [4.78, 5) is 17.4. The van der Waals surface area contributed by atoms with E-state index in [9.17, 15) is 4.79 Å². The molecule has 1 aromatic heterocycles. The molecule has 18 heavy (non-hydrogen) atoms. The number of likely N-dealkylation sites (tertiary alicyclic amines) is 1. The highest BCUT2D eigenvalue weighted by Gasteiger charge is 2.32. The molecule has 1 aliphatic heterocycles. The van der Waals surface area contributed by atoms with Gasteiger partial charge in [0.05, 0.1) is 5.92 Å². The summed E-state index contributed by atoms with van der Waals surface area (Å²) < 4.78 is 0. The van der Waals surface area contributed by atoms with E-state index in [0.29, 0.717) is 12.1 Å². The van der Waals surface area contributed by atoms with Gasteiger partial charge < -0.3 is 5.11 Å². The Morgan fingerprint density at radius 3 is 2.72 bits per heavy atom. The van der Waals surface area contributed by atoms with E-state index in [1.807, 2.05) is 12.1 Å². The van der Waals surface area contributed by atoms with Crippen LogP contribution in [0, 0.1) is 5.92 Å². The molecule has 3 unspecified atom stereocenters. The molecule has 0 saturated carbocycles. The van der Waals surface area contributed by atoms with Crippen LogP contribution in [0.1, 0.15) is 38.3 Å². The average molecular weight is 248 g/mol. The highest BCUT2D eigenvalue weighted by molar-refractivity contribution is 5.70. The van der Waals surface area contributed by atoms with E-state index in [1.165, 1.54) is 5.56 Å². The van der Waals surface area contributed by atoms with Crippen molar-refractivity contribution in [3.05, 3.63) is 30.1 Å². The number of aromatic nitrogens is 1. The fourth-order valence-electron chi connectivity index (χ4n) is 2.82. The largest absolute Gasteiger partial charge is 0.481 e. The predicted molar refractivity (Wildman–Crippen MR) is 69.2 cm³/mol. The van der Waals surface area contributed by atoms with Crippen molar-refractivity contribution in [3.8, 4) is 0 Å². The molecular formula is C14H20N2O2. The van der Waals surface area contributed by atoms with Crippen LogP contribution >= 0.6 is 0 Å². The summed E-state index contributed by atoms with van der Waals surface area (Å²) in [5, 5.41) is 9.07. The smallest absolute Gasteiger partial charge is 0.306 e. The van der Waals surface area contributed by atoms with Crippen molar-refractivity contribution in [2.24, 2.45) is 5.92 Å². The summed E-state index contributed by atoms with van der Waals surface area (Å²) in [5.41, 5.74) is 1.24. The third-order valence-electron chi connectivity index (χ3n) is 3.96. The topological polar surface area (TPSA) is 53.4 Å². The first-order valence-electron chi connectivity index (χ1n) is 6.48. The normalized spacial score (nSPS) is 26.8. The van der Waals surface area contributed by atoms with E-state index in [0.717, 1.165) is 19.4 Å². The summed E-state index contributed by atoms with van der Waals surface area (Å²) >= 11 is 0. The Labute approximate surface area is 108 Å². The lowest BCUT2D eigenvalue weighted by Gasteiger charge is -2.40. The van der Waals surface area contributed by atoms with Crippen molar-refractivity contribution < 1.29 is 9.90 Å². The van der Waals surface area contributed by atoms with Gasteiger partial charge in [0, 0.05) is 24.5 Å². The monoisotopic (exact) mass is 248 g/mol. The second-order valence-electron chi connectivity index (χ2n) is 5.10. The van der Waals surface area contributed by atoms with Gasteiger partial charge in [-0.3, -0.25) is 14.7 Å². The molecule has 1 saturated heterocycles. The van der Waals surface area contributed by atoms with Gasteiger partial charge in [0.25, 0.3) is 0 Å². The lowest BCUT2D eigenvalue weighted by molar-refractivity contribution is -0.144. The molecule has 1 aromatic rings. The number of carboxylic acids is 1. The summed E-state index contributed by atoms with van der Waals surface area (Å²) in [5.74, 6) is -0.834. The molecule has 98 valence electrons. The van der Waals surface area contributed by atoms with Gasteiger partial charge in [0.1, 0.15) is 0 Å². The highest BCUT2D eigenvalue weighted by atomic mass is 16.4. The molecule has 0 spiro atoms. The Hall–Kier alpha value is -1.42. The average Bonchev–Trinajstić information content (AvgIpc) is 2.38. The van der Waals surface area contributed by atoms with Crippen molar-refractivity contribution in [2.75, 3.05) is 6.54 Å². The minimum atomic E-state index is -0.655. The Kier molecular flexibility index (Phi) is 3.97. The van der Waals surface area contributed by atoms with Gasteiger partial charge in [-0.2, -0.15) is 0 Å². The van der Waals surface area contributed by atoms with Gasteiger partial charge in [0.2, 0.25) is 0 Å². The van der Waals surface area contributed by atoms with Crippen LogP contribution in [0.15, 0.2) is 24.5 Å². The van der Waals surface area contributed by atoms with Crippen molar-refractivity contribution >= 4 is 5.97 Å². The van der Waals surface area contributed by atoms with E-state index >= 15 is 0 Å². The SMILES string of the molecule is CC1CC(C(=O)O)CCN1C(C)c1ccncc1. The zero-order valence-electron chi connectivity index (χ0n) is 10.9. The molecule has 0 aromatic carbocycles. The van der Waals surface area contributed by atoms with Crippen LogP contribution in [0.5, 0.6) is 0 Å². The Morgan fingerprint density at radius 1 is 1.50 bits per heavy atom. The molecule has 2 heterocycles. The zero-order valence-corrected chi connectivity index (χ0v) is 10.9. The number of hydrogen-bond acceptors (Lipinski definition) is 3. The Balaban J connectivity index is 2.05. The van der Waals surface area contributed by atoms with E-state index in [2.05, 4.69) is 23.7 Å². The van der Waals surface area contributed by atoms with Gasteiger partial charge in [0.15, 0.2) is 0 Å². The standard InChI is InChI=1S/C14H20N2O2/c1-10-9-13(14(17)18)5-8-16(10)11(2)12-3-6-15-7-4-12/h3-4,6-7,10-11,13H,5,8-9H2,1-2H3,(H,17,18). The van der Waals surface area contributed by atoms with Gasteiger partial charge in [-0.25, -0.2) is 0 Å². The van der Waals surface area contributed by atoms with E-state index in [-0.39, 0.29) is 5.92 Å². The molecule has 0 bridgehead atoms. The molecular weight excluding hydrogens is 228 g/mol. The van der Waals surface area contributed by atoms with E-state index in [4.69, 9.17) is 5.11 Å². The van der Waals surface area contributed by atoms with E-state index < -0.39 is 5.97 Å². The fourth-order valence-corrected chi connectivity index (χ4v) is 2.82. The molecule has 4 nitrogen and oxygen atoms in total. The lowest BCUT2D eigenvalue weighted by Crippen LogP contribution is -2.43. The fraction of sp³-hybridized carbons (Fsp3) is 0.571. The van der Waals surface area contributed by atoms with E-state index in [1.54, 1.807) is 12.4 Å². The number of pyridine rings is 1. The zero-order chi connectivity index (χ0) is 13.1. The number of rotatable bonds is 3. The highest BCUT2D eigenvalue weighted by Crippen LogP contribution is 2.30. The van der Waals surface area contributed by atoms with Crippen LogP contribution < -0.4 is 0 Å². The van der Waals surface area contributed by atoms with Gasteiger partial charge >= 0.3 is 5.97 Å². The number of piperidine rings is 1. The first-order valence-corrected chi connectivity index (χ1v) is 6.48. The van der Waals surface area contributed by atoms with Crippen molar-refractivity contribution in [3.63, 3.8) is 0 Å². The summed E-state index contributed by atoms with van der Waals surface area (Å²) in [7, 11) is 0. The Bertz CT molecular complexity index is 408. The van der Waals surface area contributed by atoms with Crippen LogP contribution in [0.4, 0.5) is 0 Å². The van der Waals surface area contributed by atoms with Crippen LogP contribution in [0.3, 0.4) is 0 Å².